The molecule has 0 aliphatic carbocycles. The molecule has 0 radical (unpaired) electrons. The first-order chi connectivity index (χ1) is 8.39. The van der Waals surface area contributed by atoms with Gasteiger partial charge in [-0.15, -0.1) is 0 Å². The fraction of sp³-hybridized carbons (Fsp3) is 0.0909. The fourth-order valence-electron chi connectivity index (χ4n) is 1.44. The number of carboxylic acids is 1. The highest BCUT2D eigenvalue weighted by Crippen LogP contribution is 2.29. The molecule has 94 valence electrons. The van der Waals surface area contributed by atoms with Crippen molar-refractivity contribution in [3.63, 3.8) is 0 Å². The maximum absolute atomic E-state index is 12.5. The van der Waals surface area contributed by atoms with Gasteiger partial charge in [-0.25, -0.2) is 9.48 Å². The second-order valence-electron chi connectivity index (χ2n) is 3.47. The number of aromatic carboxylic acids is 1. The Hall–Kier alpha value is -2.31. The summed E-state index contributed by atoms with van der Waals surface area (Å²) in [4.78, 5) is 10.9. The molecule has 0 atom stereocenters. The van der Waals surface area contributed by atoms with E-state index in [1.54, 1.807) is 18.2 Å². The van der Waals surface area contributed by atoms with Gasteiger partial charge in [0.05, 0.1) is 5.69 Å². The Kier molecular flexibility index (Phi) is 2.82. The minimum atomic E-state index is -4.68. The fourth-order valence-corrected chi connectivity index (χ4v) is 1.44. The van der Waals surface area contributed by atoms with Crippen LogP contribution in [0, 0.1) is 0 Å². The Labute approximate surface area is 99.3 Å². The number of carbonyl (C=O) groups is 1. The maximum Gasteiger partial charge on any atom is 0.435 e. The van der Waals surface area contributed by atoms with Crippen molar-refractivity contribution in [1.29, 1.82) is 0 Å². The van der Waals surface area contributed by atoms with Crippen LogP contribution in [0.25, 0.3) is 5.69 Å². The number of rotatable bonds is 2. The van der Waals surface area contributed by atoms with E-state index in [0.717, 1.165) is 4.68 Å². The average Bonchev–Trinajstić information content (AvgIpc) is 2.74. The minimum absolute atomic E-state index is 0.255. The number of benzene rings is 1. The predicted octanol–water partition coefficient (Wildman–Crippen LogP) is 2.59. The molecule has 0 amide bonds. The van der Waals surface area contributed by atoms with E-state index in [2.05, 4.69) is 5.10 Å². The molecule has 1 heterocycles. The SMILES string of the molecule is O=C(O)c1cc(C(F)(F)F)nn1-c1ccccc1. The van der Waals surface area contributed by atoms with Crippen molar-refractivity contribution in [1.82, 2.24) is 9.78 Å². The molecular weight excluding hydrogens is 249 g/mol. The quantitative estimate of drug-likeness (QED) is 0.898. The Morgan fingerprint density at radius 2 is 1.83 bits per heavy atom. The zero-order valence-electron chi connectivity index (χ0n) is 8.85. The van der Waals surface area contributed by atoms with Crippen LogP contribution in [-0.4, -0.2) is 20.9 Å². The average molecular weight is 256 g/mol. The molecule has 0 bridgehead atoms. The van der Waals surface area contributed by atoms with E-state index in [1.807, 2.05) is 0 Å². The van der Waals surface area contributed by atoms with Crippen molar-refractivity contribution < 1.29 is 23.1 Å². The van der Waals surface area contributed by atoms with Crippen LogP contribution in [0.3, 0.4) is 0 Å². The number of nitrogens with zero attached hydrogens (tertiary/aromatic N) is 2. The molecular formula is C11H7F3N2O2. The molecule has 0 unspecified atom stereocenters. The van der Waals surface area contributed by atoms with Crippen molar-refractivity contribution in [2.75, 3.05) is 0 Å². The maximum atomic E-state index is 12.5. The topological polar surface area (TPSA) is 55.1 Å². The van der Waals surface area contributed by atoms with E-state index >= 15 is 0 Å². The summed E-state index contributed by atoms with van der Waals surface area (Å²) >= 11 is 0. The molecule has 0 spiro atoms. The summed E-state index contributed by atoms with van der Waals surface area (Å²) in [6.45, 7) is 0. The highest BCUT2D eigenvalue weighted by Gasteiger charge is 2.36. The van der Waals surface area contributed by atoms with Crippen LogP contribution in [0.2, 0.25) is 0 Å². The lowest BCUT2D eigenvalue weighted by Gasteiger charge is -2.03. The molecule has 0 saturated heterocycles. The molecule has 0 saturated carbocycles. The lowest BCUT2D eigenvalue weighted by Crippen LogP contribution is -2.09. The van der Waals surface area contributed by atoms with Gasteiger partial charge < -0.3 is 5.11 Å². The molecule has 7 heteroatoms. The molecule has 0 aliphatic rings. The third-order valence-electron chi connectivity index (χ3n) is 2.22. The first-order valence-corrected chi connectivity index (χ1v) is 4.85. The van der Waals surface area contributed by atoms with Crippen molar-refractivity contribution in [2.45, 2.75) is 6.18 Å². The number of hydrogen-bond donors (Lipinski definition) is 1. The predicted molar refractivity (Wildman–Crippen MR) is 55.5 cm³/mol. The van der Waals surface area contributed by atoms with Gasteiger partial charge in [0.15, 0.2) is 11.4 Å². The number of para-hydroxylation sites is 1. The molecule has 2 rings (SSSR count). The Balaban J connectivity index is 2.60. The lowest BCUT2D eigenvalue weighted by molar-refractivity contribution is -0.141. The van der Waals surface area contributed by atoms with Gasteiger partial charge in [0.2, 0.25) is 0 Å². The van der Waals surface area contributed by atoms with Gasteiger partial charge in [-0.1, -0.05) is 18.2 Å². The zero-order chi connectivity index (χ0) is 13.3. The van der Waals surface area contributed by atoms with Crippen LogP contribution in [0.1, 0.15) is 16.2 Å². The molecule has 4 nitrogen and oxygen atoms in total. The monoisotopic (exact) mass is 256 g/mol. The summed E-state index contributed by atoms with van der Waals surface area (Å²) < 4.78 is 38.2. The summed E-state index contributed by atoms with van der Waals surface area (Å²) in [7, 11) is 0. The summed E-state index contributed by atoms with van der Waals surface area (Å²) in [6, 6.07) is 8.28. The summed E-state index contributed by atoms with van der Waals surface area (Å²) in [5.41, 5.74) is -1.51. The van der Waals surface area contributed by atoms with Gasteiger partial charge >= 0.3 is 12.1 Å². The molecule has 1 aromatic heterocycles. The number of aromatic nitrogens is 2. The molecule has 18 heavy (non-hydrogen) atoms. The van der Waals surface area contributed by atoms with Gasteiger partial charge in [0.1, 0.15) is 0 Å². The normalized spacial score (nSPS) is 11.5. The highest BCUT2D eigenvalue weighted by molar-refractivity contribution is 5.86. The summed E-state index contributed by atoms with van der Waals surface area (Å²) in [5, 5.41) is 12.2. The van der Waals surface area contributed by atoms with Crippen LogP contribution >= 0.6 is 0 Å². The van der Waals surface area contributed by atoms with E-state index in [-0.39, 0.29) is 5.69 Å². The van der Waals surface area contributed by atoms with Gasteiger partial charge in [0, 0.05) is 6.07 Å². The second-order valence-corrected chi connectivity index (χ2v) is 3.47. The first-order valence-electron chi connectivity index (χ1n) is 4.85. The Morgan fingerprint density at radius 1 is 1.22 bits per heavy atom. The summed E-state index contributed by atoms with van der Waals surface area (Å²) in [5.74, 6) is -1.47. The minimum Gasteiger partial charge on any atom is -0.477 e. The van der Waals surface area contributed by atoms with Gasteiger partial charge in [-0.05, 0) is 12.1 Å². The molecule has 0 fully saturated rings. The number of hydrogen-bond acceptors (Lipinski definition) is 2. The summed E-state index contributed by atoms with van der Waals surface area (Å²) in [6.07, 6.45) is -4.68. The standard InChI is InChI=1S/C11H7F3N2O2/c12-11(13,14)9-6-8(10(17)18)16(15-9)7-4-2-1-3-5-7/h1-6H,(H,17,18). The Morgan fingerprint density at radius 3 is 2.33 bits per heavy atom. The van der Waals surface area contributed by atoms with E-state index in [1.165, 1.54) is 12.1 Å². The van der Waals surface area contributed by atoms with E-state index in [9.17, 15) is 18.0 Å². The first kappa shape index (κ1) is 12.2. The molecule has 2 aromatic rings. The van der Waals surface area contributed by atoms with Crippen molar-refractivity contribution >= 4 is 5.97 Å². The third-order valence-corrected chi connectivity index (χ3v) is 2.22. The van der Waals surface area contributed by atoms with Crippen LogP contribution in [0.5, 0.6) is 0 Å². The van der Waals surface area contributed by atoms with Crippen LogP contribution in [-0.2, 0) is 6.18 Å². The van der Waals surface area contributed by atoms with Crippen molar-refractivity contribution in [3.05, 3.63) is 47.8 Å². The number of halogens is 3. The van der Waals surface area contributed by atoms with Crippen LogP contribution in [0.15, 0.2) is 36.4 Å². The van der Waals surface area contributed by atoms with Gasteiger partial charge in [0.25, 0.3) is 0 Å². The highest BCUT2D eigenvalue weighted by atomic mass is 19.4. The van der Waals surface area contributed by atoms with Gasteiger partial charge in [-0.2, -0.15) is 18.3 Å². The van der Waals surface area contributed by atoms with E-state index < -0.39 is 23.5 Å². The lowest BCUT2D eigenvalue weighted by atomic mass is 10.3. The van der Waals surface area contributed by atoms with Gasteiger partial charge in [-0.3, -0.25) is 0 Å². The zero-order valence-corrected chi connectivity index (χ0v) is 8.85. The van der Waals surface area contributed by atoms with Crippen LogP contribution < -0.4 is 0 Å². The van der Waals surface area contributed by atoms with E-state index in [0.29, 0.717) is 6.07 Å². The smallest absolute Gasteiger partial charge is 0.435 e. The third kappa shape index (κ3) is 2.20. The molecule has 1 N–H and O–H groups in total. The molecule has 1 aromatic carbocycles. The Bertz CT molecular complexity index is 576. The van der Waals surface area contributed by atoms with Crippen LogP contribution in [0.4, 0.5) is 13.2 Å². The van der Waals surface area contributed by atoms with Crippen molar-refractivity contribution in [2.24, 2.45) is 0 Å². The number of carboxylic acid groups (broad SMARTS) is 1. The largest absolute Gasteiger partial charge is 0.477 e. The molecule has 0 aliphatic heterocycles. The number of alkyl halides is 3. The van der Waals surface area contributed by atoms with Crippen molar-refractivity contribution in [3.8, 4) is 5.69 Å². The second kappa shape index (κ2) is 4.17. The van der Waals surface area contributed by atoms with E-state index in [4.69, 9.17) is 5.11 Å².